The van der Waals surface area contributed by atoms with Crippen LogP contribution in [0.3, 0.4) is 0 Å². The number of aryl methyl sites for hydroxylation is 1. The molecule has 1 saturated carbocycles. The van der Waals surface area contributed by atoms with Gasteiger partial charge in [0.1, 0.15) is 11.9 Å². The molecular weight excluding hydrogens is 250 g/mol. The fourth-order valence-electron chi connectivity index (χ4n) is 3.59. The van der Waals surface area contributed by atoms with Crippen molar-refractivity contribution in [3.8, 4) is 0 Å². The van der Waals surface area contributed by atoms with Crippen molar-refractivity contribution in [1.29, 1.82) is 0 Å². The highest BCUT2D eigenvalue weighted by molar-refractivity contribution is 5.19. The number of rotatable bonds is 3. The zero-order valence-corrected chi connectivity index (χ0v) is 13.3. The number of aliphatic hydroxyl groups is 1. The van der Waals surface area contributed by atoms with Crippen LogP contribution in [0.15, 0.2) is 16.7 Å². The van der Waals surface area contributed by atoms with Crippen LogP contribution >= 0.6 is 0 Å². The Morgan fingerprint density at radius 3 is 2.40 bits per heavy atom. The van der Waals surface area contributed by atoms with Gasteiger partial charge in [0.05, 0.1) is 6.26 Å². The maximum absolute atomic E-state index is 10.8. The first-order valence-electron chi connectivity index (χ1n) is 7.72. The second-order valence-electron chi connectivity index (χ2n) is 7.58. The summed E-state index contributed by atoms with van der Waals surface area (Å²) in [6.45, 7) is 9.42. The van der Waals surface area contributed by atoms with Gasteiger partial charge in [0.2, 0.25) is 0 Å². The third kappa shape index (κ3) is 2.79. The Morgan fingerprint density at radius 1 is 1.40 bits per heavy atom. The number of nitrogens with two attached hydrogens (primary N) is 1. The largest absolute Gasteiger partial charge is 0.466 e. The number of hydrogen-bond donors (Lipinski definition) is 2. The third-order valence-corrected chi connectivity index (χ3v) is 5.34. The molecule has 114 valence electrons. The van der Waals surface area contributed by atoms with Crippen molar-refractivity contribution in [2.24, 2.45) is 22.5 Å². The van der Waals surface area contributed by atoms with E-state index in [0.717, 1.165) is 31.2 Å². The lowest BCUT2D eigenvalue weighted by atomic mass is 9.61. The molecule has 0 bridgehead atoms. The maximum atomic E-state index is 10.8. The first kappa shape index (κ1) is 15.6. The lowest BCUT2D eigenvalue weighted by molar-refractivity contribution is -0.0346. The molecule has 0 aromatic carbocycles. The molecule has 1 aromatic rings. The van der Waals surface area contributed by atoms with E-state index in [9.17, 15) is 5.11 Å². The van der Waals surface area contributed by atoms with Gasteiger partial charge >= 0.3 is 0 Å². The summed E-state index contributed by atoms with van der Waals surface area (Å²) in [6, 6.07) is 1.91. The van der Waals surface area contributed by atoms with Crippen LogP contribution < -0.4 is 5.73 Å². The molecule has 2 rings (SSSR count). The predicted octanol–water partition coefficient (Wildman–Crippen LogP) is 3.80. The molecule has 1 aliphatic carbocycles. The van der Waals surface area contributed by atoms with E-state index in [2.05, 4.69) is 20.8 Å². The Labute approximate surface area is 122 Å². The van der Waals surface area contributed by atoms with Crippen molar-refractivity contribution >= 4 is 0 Å². The molecular formula is C17H29NO2. The van der Waals surface area contributed by atoms with E-state index in [1.807, 2.05) is 13.0 Å². The zero-order chi connectivity index (χ0) is 15.0. The summed E-state index contributed by atoms with van der Waals surface area (Å²) < 4.78 is 5.49. The Balaban J connectivity index is 2.15. The monoisotopic (exact) mass is 279 g/mol. The first-order valence-corrected chi connectivity index (χ1v) is 7.72. The van der Waals surface area contributed by atoms with Gasteiger partial charge in [0.25, 0.3) is 0 Å². The van der Waals surface area contributed by atoms with Gasteiger partial charge in [-0.05, 0) is 55.6 Å². The van der Waals surface area contributed by atoms with Crippen LogP contribution in [0, 0.1) is 23.7 Å². The van der Waals surface area contributed by atoms with Crippen molar-refractivity contribution in [1.82, 2.24) is 0 Å². The second kappa shape index (κ2) is 5.53. The summed E-state index contributed by atoms with van der Waals surface area (Å²) in [5.41, 5.74) is 7.19. The molecule has 0 amide bonds. The summed E-state index contributed by atoms with van der Waals surface area (Å²) in [7, 11) is 0. The molecule has 0 aliphatic heterocycles. The van der Waals surface area contributed by atoms with E-state index >= 15 is 0 Å². The standard InChI is InChI=1S/C17H29NO2/c1-12-7-10-20-14(12)15(19)17(11-18)8-5-13(6-9-17)16(2,3)4/h7,10,13,15,19H,5-6,8-9,11,18H2,1-4H3. The fraction of sp³-hybridized carbons (Fsp3) is 0.765. The summed E-state index contributed by atoms with van der Waals surface area (Å²) in [4.78, 5) is 0. The van der Waals surface area contributed by atoms with Crippen LogP contribution in [0.25, 0.3) is 0 Å². The average Bonchev–Trinajstić information content (AvgIpc) is 2.83. The second-order valence-corrected chi connectivity index (χ2v) is 7.58. The van der Waals surface area contributed by atoms with E-state index in [4.69, 9.17) is 10.2 Å². The highest BCUT2D eigenvalue weighted by atomic mass is 16.4. The van der Waals surface area contributed by atoms with Gasteiger partial charge in [-0.1, -0.05) is 20.8 Å². The molecule has 3 nitrogen and oxygen atoms in total. The smallest absolute Gasteiger partial charge is 0.135 e. The van der Waals surface area contributed by atoms with Crippen LogP contribution in [-0.4, -0.2) is 11.7 Å². The molecule has 20 heavy (non-hydrogen) atoms. The molecule has 1 fully saturated rings. The minimum absolute atomic E-state index is 0.218. The predicted molar refractivity (Wildman–Crippen MR) is 81.3 cm³/mol. The van der Waals surface area contributed by atoms with E-state index in [0.29, 0.717) is 23.6 Å². The van der Waals surface area contributed by atoms with Crippen LogP contribution in [0.4, 0.5) is 0 Å². The quantitative estimate of drug-likeness (QED) is 0.884. The Morgan fingerprint density at radius 2 is 2.00 bits per heavy atom. The van der Waals surface area contributed by atoms with Gasteiger partial charge in [-0.3, -0.25) is 0 Å². The molecule has 3 heteroatoms. The van der Waals surface area contributed by atoms with Crippen molar-refractivity contribution < 1.29 is 9.52 Å². The van der Waals surface area contributed by atoms with Gasteiger partial charge in [-0.15, -0.1) is 0 Å². The lowest BCUT2D eigenvalue weighted by Crippen LogP contribution is -2.42. The van der Waals surface area contributed by atoms with Crippen molar-refractivity contribution in [2.75, 3.05) is 6.54 Å². The normalized spacial score (nSPS) is 29.4. The Kier molecular flexibility index (Phi) is 4.31. The maximum Gasteiger partial charge on any atom is 0.135 e. The Bertz CT molecular complexity index is 436. The van der Waals surface area contributed by atoms with Gasteiger partial charge in [-0.2, -0.15) is 0 Å². The van der Waals surface area contributed by atoms with Gasteiger partial charge < -0.3 is 15.3 Å². The van der Waals surface area contributed by atoms with Crippen LogP contribution in [0.5, 0.6) is 0 Å². The summed E-state index contributed by atoms with van der Waals surface area (Å²) in [6.07, 6.45) is 5.30. The van der Waals surface area contributed by atoms with E-state index < -0.39 is 6.10 Å². The zero-order valence-electron chi connectivity index (χ0n) is 13.3. The van der Waals surface area contributed by atoms with Crippen molar-refractivity contribution in [3.05, 3.63) is 23.7 Å². The minimum atomic E-state index is -0.580. The summed E-state index contributed by atoms with van der Waals surface area (Å²) in [5, 5.41) is 10.8. The molecule has 0 saturated heterocycles. The number of furan rings is 1. The molecule has 1 atom stereocenters. The van der Waals surface area contributed by atoms with Crippen molar-refractivity contribution in [2.45, 2.75) is 59.5 Å². The average molecular weight is 279 g/mol. The van der Waals surface area contributed by atoms with Crippen molar-refractivity contribution in [3.63, 3.8) is 0 Å². The van der Waals surface area contributed by atoms with Gasteiger partial charge in [0, 0.05) is 12.0 Å². The highest BCUT2D eigenvalue weighted by Gasteiger charge is 2.44. The fourth-order valence-corrected chi connectivity index (χ4v) is 3.59. The first-order chi connectivity index (χ1) is 9.30. The lowest BCUT2D eigenvalue weighted by Gasteiger charge is -2.45. The molecule has 0 radical (unpaired) electrons. The van der Waals surface area contributed by atoms with Crippen LogP contribution in [-0.2, 0) is 0 Å². The topological polar surface area (TPSA) is 59.4 Å². The molecule has 3 N–H and O–H groups in total. The molecule has 1 aliphatic rings. The van der Waals surface area contributed by atoms with Crippen LogP contribution in [0.2, 0.25) is 0 Å². The van der Waals surface area contributed by atoms with E-state index in [-0.39, 0.29) is 5.41 Å². The molecule has 1 unspecified atom stereocenters. The Hall–Kier alpha value is -0.800. The number of aliphatic hydroxyl groups excluding tert-OH is 1. The van der Waals surface area contributed by atoms with E-state index in [1.54, 1.807) is 6.26 Å². The minimum Gasteiger partial charge on any atom is -0.466 e. The summed E-state index contributed by atoms with van der Waals surface area (Å²) >= 11 is 0. The van der Waals surface area contributed by atoms with Gasteiger partial charge in [0.15, 0.2) is 0 Å². The highest BCUT2D eigenvalue weighted by Crippen LogP contribution is 2.50. The van der Waals surface area contributed by atoms with Crippen LogP contribution in [0.1, 0.15) is 63.9 Å². The summed E-state index contributed by atoms with van der Waals surface area (Å²) in [5.74, 6) is 1.41. The number of hydrogen-bond acceptors (Lipinski definition) is 3. The SMILES string of the molecule is Cc1ccoc1C(O)C1(CN)CCC(C(C)(C)C)CC1. The van der Waals surface area contributed by atoms with E-state index in [1.165, 1.54) is 0 Å². The molecule has 0 spiro atoms. The molecule has 1 aromatic heterocycles. The van der Waals surface area contributed by atoms with Gasteiger partial charge in [-0.25, -0.2) is 0 Å². The third-order valence-electron chi connectivity index (χ3n) is 5.34. The molecule has 1 heterocycles.